The minimum Gasteiger partial charge on any atom is -0.490 e. The Kier molecular flexibility index (Phi) is 10.5. The molecule has 9 nitrogen and oxygen atoms in total. The Morgan fingerprint density at radius 3 is 2.26 bits per heavy atom. The number of alkyl carbamates (subject to hydrolysis) is 1. The third kappa shape index (κ3) is 8.80. The summed E-state index contributed by atoms with van der Waals surface area (Å²) in [6.45, 7) is 5.28. The number of carbonyl (C=O) groups excluding carboxylic acids is 2. The van der Waals surface area contributed by atoms with E-state index in [1.165, 1.54) is 23.1 Å². The number of alkyl halides is 2. The number of sulfonamides is 1. The summed E-state index contributed by atoms with van der Waals surface area (Å²) in [7, 11) is -4.60. The Hall–Kier alpha value is -3.29. The van der Waals surface area contributed by atoms with Crippen LogP contribution in [0.4, 0.5) is 13.6 Å². The normalized spacial score (nSPS) is 17.4. The Labute approximate surface area is 282 Å². The molecule has 47 heavy (non-hydrogen) atoms. The molecule has 1 aliphatic heterocycles. The van der Waals surface area contributed by atoms with Crippen LogP contribution in [0.5, 0.6) is 5.75 Å². The summed E-state index contributed by atoms with van der Waals surface area (Å²) < 4.78 is 73.6. The largest absolute Gasteiger partial charge is 0.490 e. The van der Waals surface area contributed by atoms with Gasteiger partial charge in [-0.15, -0.1) is 0 Å². The van der Waals surface area contributed by atoms with E-state index in [9.17, 15) is 18.0 Å². The van der Waals surface area contributed by atoms with Crippen molar-refractivity contribution < 1.29 is 36.3 Å². The maximum absolute atomic E-state index is 16.2. The van der Waals surface area contributed by atoms with Crippen molar-refractivity contribution in [3.63, 3.8) is 0 Å². The molecule has 2 N–H and O–H groups in total. The number of hydrogen-bond acceptors (Lipinski definition) is 6. The van der Waals surface area contributed by atoms with E-state index in [4.69, 9.17) is 9.47 Å². The van der Waals surface area contributed by atoms with Crippen molar-refractivity contribution in [2.24, 2.45) is 0 Å². The van der Waals surface area contributed by atoms with E-state index >= 15 is 8.78 Å². The SMILES string of the molecule is CC(C)(C)OC(=O)NC1CCN(C(=O)C(NS(=O)(=O)c2ccc3cc(OC4CCCC4)ccc3c2)C(F)(F)c2cccc(Br)c2)CC1. The van der Waals surface area contributed by atoms with Crippen LogP contribution in [-0.4, -0.2) is 62.2 Å². The minimum atomic E-state index is -4.60. The van der Waals surface area contributed by atoms with Crippen LogP contribution in [0.3, 0.4) is 0 Å². The smallest absolute Gasteiger partial charge is 0.407 e. The second-order valence-electron chi connectivity index (χ2n) is 13.1. The van der Waals surface area contributed by atoms with Crippen LogP contribution in [0.1, 0.15) is 64.9 Å². The summed E-state index contributed by atoms with van der Waals surface area (Å²) in [5.41, 5.74) is -1.22. The van der Waals surface area contributed by atoms with E-state index in [1.54, 1.807) is 45.0 Å². The number of hydrogen-bond donors (Lipinski definition) is 2. The molecule has 13 heteroatoms. The average molecular weight is 737 g/mol. The van der Waals surface area contributed by atoms with Crippen LogP contribution in [0.25, 0.3) is 10.8 Å². The van der Waals surface area contributed by atoms with Crippen molar-refractivity contribution in [3.8, 4) is 5.75 Å². The fraction of sp³-hybridized carbons (Fsp3) is 0.471. The Morgan fingerprint density at radius 1 is 0.936 bits per heavy atom. The molecule has 3 aromatic rings. The Morgan fingerprint density at radius 2 is 1.60 bits per heavy atom. The van der Waals surface area contributed by atoms with Gasteiger partial charge in [0, 0.05) is 29.2 Å². The lowest BCUT2D eigenvalue weighted by atomic mass is 9.98. The van der Waals surface area contributed by atoms with Gasteiger partial charge in [-0.25, -0.2) is 13.2 Å². The molecule has 1 atom stereocenters. The Balaban J connectivity index is 1.36. The zero-order valence-corrected chi connectivity index (χ0v) is 29.0. The predicted octanol–water partition coefficient (Wildman–Crippen LogP) is 6.88. The number of rotatable bonds is 9. The van der Waals surface area contributed by atoms with E-state index in [1.807, 2.05) is 6.07 Å². The van der Waals surface area contributed by atoms with Crippen LogP contribution in [0, 0.1) is 0 Å². The van der Waals surface area contributed by atoms with Crippen LogP contribution in [-0.2, 0) is 25.5 Å². The van der Waals surface area contributed by atoms with Gasteiger partial charge in [-0.05, 0) is 106 Å². The summed E-state index contributed by atoms with van der Waals surface area (Å²) in [4.78, 5) is 27.0. The second-order valence-corrected chi connectivity index (χ2v) is 15.8. The molecule has 0 spiro atoms. The first-order chi connectivity index (χ1) is 22.1. The van der Waals surface area contributed by atoms with Crippen molar-refractivity contribution in [1.29, 1.82) is 0 Å². The molecular formula is C34H40BrF2N3O6S. The fourth-order valence-corrected chi connectivity index (χ4v) is 7.53. The highest BCUT2D eigenvalue weighted by Gasteiger charge is 2.50. The lowest BCUT2D eigenvalue weighted by Gasteiger charge is -2.36. The summed E-state index contributed by atoms with van der Waals surface area (Å²) in [6, 6.07) is 12.1. The summed E-state index contributed by atoms with van der Waals surface area (Å²) >= 11 is 3.19. The first-order valence-corrected chi connectivity index (χ1v) is 18.0. The predicted molar refractivity (Wildman–Crippen MR) is 178 cm³/mol. The van der Waals surface area contributed by atoms with Crippen molar-refractivity contribution in [1.82, 2.24) is 14.9 Å². The quantitative estimate of drug-likeness (QED) is 0.248. The molecule has 1 saturated heterocycles. The maximum Gasteiger partial charge on any atom is 0.407 e. The summed E-state index contributed by atoms with van der Waals surface area (Å²) in [5.74, 6) is -4.30. The molecule has 1 aliphatic carbocycles. The van der Waals surface area contributed by atoms with Crippen molar-refractivity contribution in [3.05, 3.63) is 70.7 Å². The number of halogens is 3. The van der Waals surface area contributed by atoms with Gasteiger partial charge in [-0.1, -0.05) is 40.2 Å². The van der Waals surface area contributed by atoms with Gasteiger partial charge in [0.25, 0.3) is 5.92 Å². The van der Waals surface area contributed by atoms with Crippen molar-refractivity contribution >= 4 is 48.7 Å². The van der Waals surface area contributed by atoms with Gasteiger partial charge in [0.05, 0.1) is 11.0 Å². The zero-order valence-electron chi connectivity index (χ0n) is 26.6. The molecule has 0 radical (unpaired) electrons. The van der Waals surface area contributed by atoms with Crippen LogP contribution in [0.2, 0.25) is 0 Å². The van der Waals surface area contributed by atoms with Crippen LogP contribution >= 0.6 is 15.9 Å². The topological polar surface area (TPSA) is 114 Å². The maximum atomic E-state index is 16.2. The van der Waals surface area contributed by atoms with Gasteiger partial charge >= 0.3 is 6.09 Å². The highest BCUT2D eigenvalue weighted by atomic mass is 79.9. The third-order valence-electron chi connectivity index (χ3n) is 8.32. The number of nitrogens with zero attached hydrogens (tertiary/aromatic N) is 1. The van der Waals surface area contributed by atoms with E-state index in [-0.39, 0.29) is 43.0 Å². The van der Waals surface area contributed by atoms with E-state index in [0.29, 0.717) is 15.6 Å². The van der Waals surface area contributed by atoms with Crippen molar-refractivity contribution in [2.75, 3.05) is 13.1 Å². The molecule has 254 valence electrons. The van der Waals surface area contributed by atoms with Gasteiger partial charge in [-0.2, -0.15) is 13.5 Å². The van der Waals surface area contributed by atoms with Crippen molar-refractivity contribution in [2.45, 2.75) is 93.9 Å². The van der Waals surface area contributed by atoms with E-state index in [2.05, 4.69) is 26.0 Å². The number of nitrogens with one attached hydrogen (secondary N) is 2. The van der Waals surface area contributed by atoms with E-state index in [0.717, 1.165) is 43.2 Å². The lowest BCUT2D eigenvalue weighted by molar-refractivity contribution is -0.145. The number of likely N-dealkylation sites (tertiary alicyclic amines) is 1. The highest BCUT2D eigenvalue weighted by Crippen LogP contribution is 2.36. The summed E-state index contributed by atoms with van der Waals surface area (Å²) in [5, 5.41) is 4.06. The molecule has 0 bridgehead atoms. The van der Waals surface area contributed by atoms with E-state index < -0.39 is 45.2 Å². The first-order valence-electron chi connectivity index (χ1n) is 15.8. The summed E-state index contributed by atoms with van der Waals surface area (Å²) in [6.07, 6.45) is 4.35. The second kappa shape index (κ2) is 14.1. The molecular weight excluding hydrogens is 696 g/mol. The number of amides is 2. The van der Waals surface area contributed by atoms with Gasteiger partial charge in [-0.3, -0.25) is 4.79 Å². The third-order valence-corrected chi connectivity index (χ3v) is 10.2. The number of piperidine rings is 1. The monoisotopic (exact) mass is 735 g/mol. The first kappa shape index (κ1) is 35.0. The van der Waals surface area contributed by atoms with Gasteiger partial charge in [0.1, 0.15) is 11.4 Å². The Bertz CT molecular complexity index is 1720. The number of carbonyl (C=O) groups is 2. The molecule has 0 aromatic heterocycles. The van der Waals surface area contributed by atoms with Crippen LogP contribution in [0.15, 0.2) is 70.0 Å². The fourth-order valence-electron chi connectivity index (χ4n) is 5.91. The molecule has 2 fully saturated rings. The number of fused-ring (bicyclic) bond motifs is 1. The molecule has 1 unspecified atom stereocenters. The molecule has 2 aliphatic rings. The standard InChI is InChI=1S/C34H40BrF2N3O6S/c1-33(2,3)46-32(42)38-26-15-17-40(18-16-26)31(41)30(34(36,37)24-7-6-8-25(35)21-24)39-47(43,44)29-14-12-22-19-28(13-11-23(22)20-29)45-27-9-4-5-10-27/h6-8,11-14,19-21,26-27,30,39H,4-5,9-10,15-18H2,1-3H3,(H,38,42). The lowest BCUT2D eigenvalue weighted by Crippen LogP contribution is -2.58. The molecule has 1 saturated carbocycles. The number of benzene rings is 3. The highest BCUT2D eigenvalue weighted by molar-refractivity contribution is 9.10. The molecule has 3 aromatic carbocycles. The zero-order chi connectivity index (χ0) is 34.0. The van der Waals surface area contributed by atoms with Gasteiger partial charge in [0.15, 0.2) is 6.04 Å². The number of ether oxygens (including phenoxy) is 2. The van der Waals surface area contributed by atoms with Crippen LogP contribution < -0.4 is 14.8 Å². The van der Waals surface area contributed by atoms with Gasteiger partial charge in [0.2, 0.25) is 15.9 Å². The molecule has 2 amide bonds. The molecule has 5 rings (SSSR count). The average Bonchev–Trinajstić information content (AvgIpc) is 3.52. The molecule has 1 heterocycles. The van der Waals surface area contributed by atoms with Gasteiger partial charge < -0.3 is 19.7 Å². The minimum absolute atomic E-state index is 0.0350.